The summed E-state index contributed by atoms with van der Waals surface area (Å²) in [6, 6.07) is 6.18. The van der Waals surface area contributed by atoms with Crippen LogP contribution in [0.15, 0.2) is 34.8 Å². The lowest BCUT2D eigenvalue weighted by Crippen LogP contribution is -2.05. The molecule has 2 rings (SSSR count). The molecule has 0 aromatic carbocycles. The molecule has 0 saturated carbocycles. The number of fused-ring (bicyclic) bond motifs is 2. The van der Waals surface area contributed by atoms with Gasteiger partial charge >= 0.3 is 5.97 Å². The maximum Gasteiger partial charge on any atom is 0.333 e. The minimum Gasteiger partial charge on any atom is -0.462 e. The molecule has 0 amide bonds. The Labute approximate surface area is 119 Å². The standard InChI is InChI=1S/C17H22O3/c1-13(2)17(18)19-11-7-5-3-4-6-8-14-12-15-9-10-16(14)20-15/h9-10,12H,1,3-8,11H2,2H3. The van der Waals surface area contributed by atoms with E-state index in [0.29, 0.717) is 12.2 Å². The van der Waals surface area contributed by atoms with Gasteiger partial charge in [0, 0.05) is 5.57 Å². The molecule has 2 bridgehead atoms. The second kappa shape index (κ2) is 7.13. The number of benzene rings is 1. The summed E-state index contributed by atoms with van der Waals surface area (Å²) in [7, 11) is 0. The summed E-state index contributed by atoms with van der Waals surface area (Å²) in [4.78, 5) is 11.1. The van der Waals surface area contributed by atoms with E-state index in [4.69, 9.17) is 9.15 Å². The SMILES string of the molecule is C=C(C)C(=O)OCCCCCCCc1cc2ccc1o2. The van der Waals surface area contributed by atoms with Gasteiger partial charge in [-0.05, 0) is 49.9 Å². The van der Waals surface area contributed by atoms with Gasteiger partial charge in [-0.3, -0.25) is 0 Å². The number of rotatable bonds is 9. The van der Waals surface area contributed by atoms with Crippen LogP contribution in [0.1, 0.15) is 44.6 Å². The average molecular weight is 274 g/mol. The second-order valence-corrected chi connectivity index (χ2v) is 5.31. The molecule has 0 fully saturated rings. The van der Waals surface area contributed by atoms with Crippen molar-refractivity contribution in [3.05, 3.63) is 35.9 Å². The van der Waals surface area contributed by atoms with Crippen LogP contribution in [-0.2, 0) is 16.0 Å². The van der Waals surface area contributed by atoms with Crippen LogP contribution in [0.25, 0.3) is 11.2 Å². The Morgan fingerprint density at radius 1 is 1.20 bits per heavy atom. The highest BCUT2D eigenvalue weighted by Crippen LogP contribution is 2.23. The van der Waals surface area contributed by atoms with Crippen molar-refractivity contribution in [3.8, 4) is 0 Å². The van der Waals surface area contributed by atoms with E-state index in [9.17, 15) is 4.79 Å². The van der Waals surface area contributed by atoms with Crippen LogP contribution in [0.3, 0.4) is 0 Å². The van der Waals surface area contributed by atoms with Gasteiger partial charge in [-0.15, -0.1) is 0 Å². The van der Waals surface area contributed by atoms with Crippen LogP contribution < -0.4 is 0 Å². The molecule has 0 aliphatic carbocycles. The smallest absolute Gasteiger partial charge is 0.333 e. The maximum atomic E-state index is 11.1. The van der Waals surface area contributed by atoms with Crippen LogP contribution in [-0.4, -0.2) is 12.6 Å². The number of ether oxygens (including phenoxy) is 1. The molecule has 108 valence electrons. The lowest BCUT2D eigenvalue weighted by Gasteiger charge is -2.04. The molecule has 2 aromatic heterocycles. The average Bonchev–Trinajstić information content (AvgIpc) is 3.03. The van der Waals surface area contributed by atoms with Crippen LogP contribution in [0.4, 0.5) is 0 Å². The molecule has 0 aliphatic heterocycles. The minimum absolute atomic E-state index is 0.282. The number of unbranched alkanes of at least 4 members (excludes halogenated alkanes) is 4. The highest BCUT2D eigenvalue weighted by atomic mass is 16.5. The lowest BCUT2D eigenvalue weighted by molar-refractivity contribution is -0.139. The number of furan rings is 2. The fraction of sp³-hybridized carbons (Fsp3) is 0.471. The zero-order valence-corrected chi connectivity index (χ0v) is 12.1. The van der Waals surface area contributed by atoms with E-state index in [0.717, 1.165) is 30.4 Å². The first-order chi connectivity index (χ1) is 9.66. The molecule has 0 saturated heterocycles. The highest BCUT2D eigenvalue weighted by molar-refractivity contribution is 5.86. The Bertz CT molecular complexity index is 553. The van der Waals surface area contributed by atoms with E-state index in [1.54, 1.807) is 6.92 Å². The molecule has 3 nitrogen and oxygen atoms in total. The first kappa shape index (κ1) is 14.6. The van der Waals surface area contributed by atoms with E-state index in [1.165, 1.54) is 24.8 Å². The van der Waals surface area contributed by atoms with Crippen LogP contribution in [0, 0.1) is 0 Å². The van der Waals surface area contributed by atoms with Gasteiger partial charge in [0.1, 0.15) is 11.2 Å². The number of carbonyl (C=O) groups is 1. The predicted octanol–water partition coefficient (Wildman–Crippen LogP) is 4.48. The van der Waals surface area contributed by atoms with Crippen molar-refractivity contribution in [3.63, 3.8) is 0 Å². The first-order valence-electron chi connectivity index (χ1n) is 7.30. The molecule has 0 aliphatic rings. The first-order valence-corrected chi connectivity index (χ1v) is 7.30. The summed E-state index contributed by atoms with van der Waals surface area (Å²) in [5.41, 5.74) is 3.81. The molecule has 3 heteroatoms. The number of esters is 1. The third-order valence-corrected chi connectivity index (χ3v) is 3.43. The number of carbonyl (C=O) groups excluding carboxylic acids is 1. The quantitative estimate of drug-likeness (QED) is 0.384. The zero-order chi connectivity index (χ0) is 14.4. The Balaban J connectivity index is 1.47. The van der Waals surface area contributed by atoms with Gasteiger partial charge in [-0.25, -0.2) is 4.79 Å². The number of hydrogen-bond acceptors (Lipinski definition) is 3. The van der Waals surface area contributed by atoms with Crippen molar-refractivity contribution in [2.75, 3.05) is 6.61 Å². The molecule has 0 atom stereocenters. The highest BCUT2D eigenvalue weighted by Gasteiger charge is 2.06. The molecule has 0 spiro atoms. The van der Waals surface area contributed by atoms with Gasteiger partial charge in [-0.2, -0.15) is 0 Å². The van der Waals surface area contributed by atoms with Crippen molar-refractivity contribution in [1.82, 2.24) is 0 Å². The topological polar surface area (TPSA) is 39.4 Å². The summed E-state index contributed by atoms with van der Waals surface area (Å²) in [5, 5.41) is 0. The molecule has 0 radical (unpaired) electrons. The van der Waals surface area contributed by atoms with Crippen LogP contribution >= 0.6 is 0 Å². The van der Waals surface area contributed by atoms with Crippen LogP contribution in [0.5, 0.6) is 0 Å². The fourth-order valence-electron chi connectivity index (χ4n) is 2.28. The Kier molecular flexibility index (Phi) is 5.22. The molecular formula is C17H22O3. The van der Waals surface area contributed by atoms with Crippen LogP contribution in [0.2, 0.25) is 0 Å². The molecule has 20 heavy (non-hydrogen) atoms. The zero-order valence-electron chi connectivity index (χ0n) is 12.1. The lowest BCUT2D eigenvalue weighted by atomic mass is 10.1. The fourth-order valence-corrected chi connectivity index (χ4v) is 2.28. The van der Waals surface area contributed by atoms with E-state index < -0.39 is 0 Å². The third kappa shape index (κ3) is 4.12. The minimum atomic E-state index is -0.282. The van der Waals surface area contributed by atoms with Crippen molar-refractivity contribution >= 4 is 17.1 Å². The summed E-state index contributed by atoms with van der Waals surface area (Å²) >= 11 is 0. The van der Waals surface area contributed by atoms with E-state index in [2.05, 4.69) is 12.6 Å². The molecule has 0 unspecified atom stereocenters. The van der Waals surface area contributed by atoms with Gasteiger partial charge in [0.25, 0.3) is 0 Å². The van der Waals surface area contributed by atoms with Gasteiger partial charge in [0.15, 0.2) is 0 Å². The van der Waals surface area contributed by atoms with Gasteiger partial charge in [-0.1, -0.05) is 25.8 Å². The number of aryl methyl sites for hydroxylation is 1. The summed E-state index contributed by atoms with van der Waals surface area (Å²) in [5.74, 6) is -0.282. The van der Waals surface area contributed by atoms with Crippen molar-refractivity contribution in [1.29, 1.82) is 0 Å². The second-order valence-electron chi connectivity index (χ2n) is 5.31. The Hall–Kier alpha value is -1.77. The van der Waals surface area contributed by atoms with Crippen molar-refractivity contribution in [2.45, 2.75) is 45.4 Å². The molecule has 0 N–H and O–H groups in total. The third-order valence-electron chi connectivity index (χ3n) is 3.43. The van der Waals surface area contributed by atoms with Gasteiger partial charge in [0.05, 0.1) is 6.61 Å². The van der Waals surface area contributed by atoms with E-state index in [-0.39, 0.29) is 5.97 Å². The number of hydrogen-bond donors (Lipinski definition) is 0. The summed E-state index contributed by atoms with van der Waals surface area (Å²) in [6.45, 7) is 5.72. The Morgan fingerprint density at radius 3 is 2.60 bits per heavy atom. The molecule has 2 aromatic rings. The van der Waals surface area contributed by atoms with Crippen molar-refractivity contribution < 1.29 is 13.9 Å². The molecular weight excluding hydrogens is 252 g/mol. The normalized spacial score (nSPS) is 11.1. The molecule has 2 heterocycles. The van der Waals surface area contributed by atoms with Gasteiger partial charge < -0.3 is 9.15 Å². The maximum absolute atomic E-state index is 11.1. The van der Waals surface area contributed by atoms with Crippen molar-refractivity contribution in [2.24, 2.45) is 0 Å². The largest absolute Gasteiger partial charge is 0.462 e. The monoisotopic (exact) mass is 274 g/mol. The summed E-state index contributed by atoms with van der Waals surface area (Å²) in [6.07, 6.45) is 6.70. The van der Waals surface area contributed by atoms with E-state index in [1.807, 2.05) is 12.1 Å². The van der Waals surface area contributed by atoms with E-state index >= 15 is 0 Å². The summed E-state index contributed by atoms with van der Waals surface area (Å²) < 4.78 is 10.6. The Morgan fingerprint density at radius 2 is 1.95 bits per heavy atom. The van der Waals surface area contributed by atoms with Gasteiger partial charge in [0.2, 0.25) is 0 Å². The predicted molar refractivity (Wildman–Crippen MR) is 80.0 cm³/mol.